The third kappa shape index (κ3) is 3.19. The lowest BCUT2D eigenvalue weighted by atomic mass is 10.1. The van der Waals surface area contributed by atoms with Gasteiger partial charge in [-0.1, -0.05) is 66.2 Å². The molecule has 0 atom stereocenters. The van der Waals surface area contributed by atoms with Crippen LogP contribution < -0.4 is 4.90 Å². The Balaban J connectivity index is 2.19. The zero-order valence-electron chi connectivity index (χ0n) is 13.7. The maximum atomic E-state index is 3.96. The normalized spacial score (nSPS) is 10.3. The summed E-state index contributed by atoms with van der Waals surface area (Å²) < 4.78 is 0. The van der Waals surface area contributed by atoms with Crippen LogP contribution in [0.5, 0.6) is 0 Å². The maximum absolute atomic E-state index is 3.96. The van der Waals surface area contributed by atoms with Gasteiger partial charge in [-0.15, -0.1) is 0 Å². The highest BCUT2D eigenvalue weighted by molar-refractivity contribution is 5.82. The Labute approximate surface area is 138 Å². The van der Waals surface area contributed by atoms with Gasteiger partial charge in [-0.05, 0) is 49.7 Å². The van der Waals surface area contributed by atoms with E-state index in [-0.39, 0.29) is 0 Å². The molecule has 0 aromatic heterocycles. The summed E-state index contributed by atoms with van der Waals surface area (Å²) in [6.45, 7) is 8.18. The van der Waals surface area contributed by atoms with E-state index < -0.39 is 0 Å². The molecule has 1 heteroatoms. The van der Waals surface area contributed by atoms with Crippen LogP contribution in [0.2, 0.25) is 0 Å². The first-order chi connectivity index (χ1) is 11.2. The summed E-state index contributed by atoms with van der Waals surface area (Å²) in [4.78, 5) is 2.27. The molecular weight excluding hydrogens is 278 g/mol. The first-order valence-corrected chi connectivity index (χ1v) is 7.84. The average molecular weight is 299 g/mol. The number of rotatable bonds is 4. The van der Waals surface area contributed by atoms with E-state index >= 15 is 0 Å². The minimum absolute atomic E-state index is 1.12. The Morgan fingerprint density at radius 1 is 0.696 bits per heavy atom. The Kier molecular flexibility index (Phi) is 4.29. The number of para-hydroxylation sites is 1. The molecule has 0 saturated carbocycles. The van der Waals surface area contributed by atoms with E-state index in [4.69, 9.17) is 0 Å². The number of hydrogen-bond donors (Lipinski definition) is 0. The van der Waals surface area contributed by atoms with Crippen molar-refractivity contribution in [2.75, 3.05) is 4.90 Å². The summed E-state index contributed by atoms with van der Waals surface area (Å²) >= 11 is 0. The minimum Gasteiger partial charge on any atom is -0.310 e. The van der Waals surface area contributed by atoms with Gasteiger partial charge in [0.2, 0.25) is 0 Å². The zero-order chi connectivity index (χ0) is 16.2. The summed E-state index contributed by atoms with van der Waals surface area (Å²) in [5.74, 6) is 0. The lowest BCUT2D eigenvalue weighted by Crippen LogP contribution is -2.11. The largest absolute Gasteiger partial charge is 0.310 e. The molecule has 0 aliphatic carbocycles. The predicted molar refractivity (Wildman–Crippen MR) is 101 cm³/mol. The molecule has 0 fully saturated rings. The van der Waals surface area contributed by atoms with Crippen LogP contribution in [-0.4, -0.2) is 0 Å². The number of hydrogen-bond acceptors (Lipinski definition) is 1. The third-order valence-electron chi connectivity index (χ3n) is 3.98. The highest BCUT2D eigenvalue weighted by atomic mass is 15.1. The molecule has 0 heterocycles. The van der Waals surface area contributed by atoms with Crippen LogP contribution >= 0.6 is 0 Å². The van der Waals surface area contributed by atoms with Crippen LogP contribution in [0, 0.1) is 13.8 Å². The molecule has 3 rings (SSSR count). The van der Waals surface area contributed by atoms with Gasteiger partial charge < -0.3 is 4.90 Å². The van der Waals surface area contributed by atoms with Gasteiger partial charge in [0.15, 0.2) is 0 Å². The van der Waals surface area contributed by atoms with Crippen molar-refractivity contribution in [1.29, 1.82) is 0 Å². The van der Waals surface area contributed by atoms with Crippen molar-refractivity contribution in [3.05, 3.63) is 96.1 Å². The summed E-state index contributed by atoms with van der Waals surface area (Å²) in [6.07, 6.45) is 1.91. The standard InChI is InChI=1S/C22H21N/c1-4-19-7-5-6-8-22(19)23(20-13-9-17(2)10-14-20)21-15-11-18(3)12-16-21/h4-16H,1H2,2-3H3. The number of aryl methyl sites for hydroxylation is 2. The lowest BCUT2D eigenvalue weighted by molar-refractivity contribution is 1.26. The number of anilines is 3. The summed E-state index contributed by atoms with van der Waals surface area (Å²) in [5.41, 5.74) is 7.07. The van der Waals surface area contributed by atoms with Gasteiger partial charge in [0.05, 0.1) is 5.69 Å². The Morgan fingerprint density at radius 2 is 1.17 bits per heavy atom. The Morgan fingerprint density at radius 3 is 1.65 bits per heavy atom. The molecule has 0 amide bonds. The van der Waals surface area contributed by atoms with Crippen LogP contribution in [0.1, 0.15) is 16.7 Å². The Bertz CT molecular complexity index is 753. The lowest BCUT2D eigenvalue weighted by Gasteiger charge is -2.27. The van der Waals surface area contributed by atoms with Crippen molar-refractivity contribution in [3.63, 3.8) is 0 Å². The molecule has 0 spiro atoms. The molecule has 0 radical (unpaired) electrons. The summed E-state index contributed by atoms with van der Waals surface area (Å²) in [6, 6.07) is 25.6. The average Bonchev–Trinajstić information content (AvgIpc) is 2.59. The molecule has 23 heavy (non-hydrogen) atoms. The fourth-order valence-electron chi connectivity index (χ4n) is 2.68. The highest BCUT2D eigenvalue weighted by Crippen LogP contribution is 2.36. The van der Waals surface area contributed by atoms with E-state index in [1.807, 2.05) is 12.1 Å². The second kappa shape index (κ2) is 6.53. The van der Waals surface area contributed by atoms with Crippen LogP contribution in [0.4, 0.5) is 17.1 Å². The predicted octanol–water partition coefficient (Wildman–Crippen LogP) is 6.42. The van der Waals surface area contributed by atoms with Gasteiger partial charge in [-0.25, -0.2) is 0 Å². The summed E-state index contributed by atoms with van der Waals surface area (Å²) in [5, 5.41) is 0. The molecule has 0 unspecified atom stereocenters. The molecule has 1 nitrogen and oxygen atoms in total. The first kappa shape index (κ1) is 15.1. The van der Waals surface area contributed by atoms with E-state index in [0.29, 0.717) is 0 Å². The second-order valence-electron chi connectivity index (χ2n) is 5.77. The molecule has 3 aromatic carbocycles. The van der Waals surface area contributed by atoms with Gasteiger partial charge in [-0.3, -0.25) is 0 Å². The summed E-state index contributed by atoms with van der Waals surface area (Å²) in [7, 11) is 0. The van der Waals surface area contributed by atoms with E-state index in [1.165, 1.54) is 11.1 Å². The molecule has 0 aliphatic rings. The van der Waals surface area contributed by atoms with E-state index in [9.17, 15) is 0 Å². The molecule has 3 aromatic rings. The van der Waals surface area contributed by atoms with Crippen molar-refractivity contribution in [2.24, 2.45) is 0 Å². The molecule has 0 aliphatic heterocycles. The van der Waals surface area contributed by atoms with Crippen LogP contribution in [0.3, 0.4) is 0 Å². The van der Waals surface area contributed by atoms with Crippen LogP contribution in [-0.2, 0) is 0 Å². The molecular formula is C22H21N. The maximum Gasteiger partial charge on any atom is 0.0533 e. The Hall–Kier alpha value is -2.80. The van der Waals surface area contributed by atoms with Crippen molar-refractivity contribution in [1.82, 2.24) is 0 Å². The fourth-order valence-corrected chi connectivity index (χ4v) is 2.68. The quantitative estimate of drug-likeness (QED) is 0.537. The molecule has 0 saturated heterocycles. The number of benzene rings is 3. The van der Waals surface area contributed by atoms with Gasteiger partial charge in [-0.2, -0.15) is 0 Å². The van der Waals surface area contributed by atoms with Crippen LogP contribution in [0.15, 0.2) is 79.4 Å². The van der Waals surface area contributed by atoms with Crippen molar-refractivity contribution in [3.8, 4) is 0 Å². The van der Waals surface area contributed by atoms with Gasteiger partial charge in [0.25, 0.3) is 0 Å². The van der Waals surface area contributed by atoms with E-state index in [0.717, 1.165) is 22.6 Å². The van der Waals surface area contributed by atoms with Gasteiger partial charge in [0.1, 0.15) is 0 Å². The SMILES string of the molecule is C=Cc1ccccc1N(c1ccc(C)cc1)c1ccc(C)cc1. The topological polar surface area (TPSA) is 3.24 Å². The van der Waals surface area contributed by atoms with Crippen molar-refractivity contribution in [2.45, 2.75) is 13.8 Å². The van der Waals surface area contributed by atoms with Crippen molar-refractivity contribution >= 4 is 23.1 Å². The molecule has 0 bridgehead atoms. The third-order valence-corrected chi connectivity index (χ3v) is 3.98. The van der Waals surface area contributed by atoms with E-state index in [1.54, 1.807) is 0 Å². The first-order valence-electron chi connectivity index (χ1n) is 7.84. The second-order valence-corrected chi connectivity index (χ2v) is 5.77. The van der Waals surface area contributed by atoms with Crippen molar-refractivity contribution < 1.29 is 0 Å². The highest BCUT2D eigenvalue weighted by Gasteiger charge is 2.14. The monoisotopic (exact) mass is 299 g/mol. The van der Waals surface area contributed by atoms with Gasteiger partial charge in [0, 0.05) is 11.4 Å². The zero-order valence-corrected chi connectivity index (χ0v) is 13.7. The smallest absolute Gasteiger partial charge is 0.0533 e. The molecule has 114 valence electrons. The van der Waals surface area contributed by atoms with E-state index in [2.05, 4.69) is 92.1 Å². The fraction of sp³-hybridized carbons (Fsp3) is 0.0909. The van der Waals surface area contributed by atoms with Crippen LogP contribution in [0.25, 0.3) is 6.08 Å². The minimum atomic E-state index is 1.12. The number of nitrogens with zero attached hydrogens (tertiary/aromatic N) is 1. The van der Waals surface area contributed by atoms with Gasteiger partial charge >= 0.3 is 0 Å². The molecule has 0 N–H and O–H groups in total.